The molecule has 0 aliphatic rings. The average molecular weight is 233 g/mol. The molecule has 90 valence electrons. The molecule has 1 rings (SSSR count). The van der Waals surface area contributed by atoms with Gasteiger partial charge in [0.2, 0.25) is 5.91 Å². The molecule has 0 aromatic heterocycles. The SMILES string of the molecule is CCNC(=O)CCOc1ccc(C#N)cc1N. The third-order valence-corrected chi connectivity index (χ3v) is 2.10. The predicted molar refractivity (Wildman–Crippen MR) is 64.4 cm³/mol. The Labute approximate surface area is 100 Å². The van der Waals surface area contributed by atoms with E-state index in [1.54, 1.807) is 18.2 Å². The van der Waals surface area contributed by atoms with Gasteiger partial charge < -0.3 is 15.8 Å². The monoisotopic (exact) mass is 233 g/mol. The standard InChI is InChI=1S/C12H15N3O2/c1-2-15-12(16)5-6-17-11-4-3-9(8-13)7-10(11)14/h3-4,7H,2,5-6,14H2,1H3,(H,15,16). The van der Waals surface area contributed by atoms with Crippen LogP contribution < -0.4 is 15.8 Å². The van der Waals surface area contributed by atoms with Crippen molar-refractivity contribution in [3.05, 3.63) is 23.8 Å². The third-order valence-electron chi connectivity index (χ3n) is 2.10. The summed E-state index contributed by atoms with van der Waals surface area (Å²) in [5.74, 6) is 0.438. The van der Waals surface area contributed by atoms with Crippen LogP contribution in [-0.2, 0) is 4.79 Å². The molecule has 0 aliphatic carbocycles. The molecule has 0 fully saturated rings. The smallest absolute Gasteiger partial charge is 0.223 e. The van der Waals surface area contributed by atoms with Gasteiger partial charge in [0.1, 0.15) is 5.75 Å². The van der Waals surface area contributed by atoms with Crippen LogP contribution in [0, 0.1) is 11.3 Å². The Kier molecular flexibility index (Phi) is 4.82. The molecule has 0 saturated heterocycles. The summed E-state index contributed by atoms with van der Waals surface area (Å²) >= 11 is 0. The van der Waals surface area contributed by atoms with Crippen LogP contribution in [0.1, 0.15) is 18.9 Å². The first kappa shape index (κ1) is 12.8. The van der Waals surface area contributed by atoms with Gasteiger partial charge in [-0.2, -0.15) is 5.26 Å². The van der Waals surface area contributed by atoms with Crippen LogP contribution >= 0.6 is 0 Å². The van der Waals surface area contributed by atoms with E-state index < -0.39 is 0 Å². The molecule has 0 bridgehead atoms. The second-order valence-corrected chi connectivity index (χ2v) is 3.42. The van der Waals surface area contributed by atoms with Gasteiger partial charge in [-0.15, -0.1) is 0 Å². The lowest BCUT2D eigenvalue weighted by Gasteiger charge is -2.08. The first-order valence-electron chi connectivity index (χ1n) is 5.36. The van der Waals surface area contributed by atoms with Gasteiger partial charge >= 0.3 is 0 Å². The zero-order chi connectivity index (χ0) is 12.7. The number of nitrogens with zero attached hydrogens (tertiary/aromatic N) is 1. The number of rotatable bonds is 5. The summed E-state index contributed by atoms with van der Waals surface area (Å²) in [6, 6.07) is 6.78. The summed E-state index contributed by atoms with van der Waals surface area (Å²) in [5, 5.41) is 11.3. The van der Waals surface area contributed by atoms with Crippen molar-refractivity contribution >= 4 is 11.6 Å². The highest BCUT2D eigenvalue weighted by atomic mass is 16.5. The summed E-state index contributed by atoms with van der Waals surface area (Å²) in [6.07, 6.45) is 0.285. The van der Waals surface area contributed by atoms with Crippen molar-refractivity contribution < 1.29 is 9.53 Å². The molecule has 17 heavy (non-hydrogen) atoms. The van der Waals surface area contributed by atoms with Crippen molar-refractivity contribution in [2.75, 3.05) is 18.9 Å². The number of carbonyl (C=O) groups is 1. The Morgan fingerprint density at radius 3 is 2.94 bits per heavy atom. The molecule has 0 saturated carbocycles. The van der Waals surface area contributed by atoms with Gasteiger partial charge in [-0.05, 0) is 25.1 Å². The fourth-order valence-electron chi connectivity index (χ4n) is 1.29. The maximum atomic E-state index is 11.2. The number of benzene rings is 1. The topological polar surface area (TPSA) is 88.1 Å². The maximum absolute atomic E-state index is 11.2. The van der Waals surface area contributed by atoms with E-state index in [0.29, 0.717) is 23.5 Å². The second-order valence-electron chi connectivity index (χ2n) is 3.42. The van der Waals surface area contributed by atoms with Crippen LogP contribution in [0.5, 0.6) is 5.75 Å². The van der Waals surface area contributed by atoms with Crippen LogP contribution in [0.3, 0.4) is 0 Å². The van der Waals surface area contributed by atoms with Gasteiger partial charge in [0.05, 0.1) is 30.3 Å². The summed E-state index contributed by atoms with van der Waals surface area (Å²) in [4.78, 5) is 11.2. The molecule has 1 aromatic rings. The first-order valence-corrected chi connectivity index (χ1v) is 5.36. The molecule has 0 unspecified atom stereocenters. The Balaban J connectivity index is 2.47. The third kappa shape index (κ3) is 4.03. The van der Waals surface area contributed by atoms with Crippen molar-refractivity contribution in [2.45, 2.75) is 13.3 Å². The number of carbonyl (C=O) groups excluding carboxylic acids is 1. The van der Waals surface area contributed by atoms with Gasteiger partial charge in [-0.3, -0.25) is 4.79 Å². The Hall–Kier alpha value is -2.22. The zero-order valence-electron chi connectivity index (χ0n) is 9.69. The number of anilines is 1. The molecular weight excluding hydrogens is 218 g/mol. The Morgan fingerprint density at radius 2 is 2.35 bits per heavy atom. The normalized spacial score (nSPS) is 9.41. The van der Waals surface area contributed by atoms with Crippen LogP contribution in [0.15, 0.2) is 18.2 Å². The summed E-state index contributed by atoms with van der Waals surface area (Å²) < 4.78 is 5.36. The average Bonchev–Trinajstić information content (AvgIpc) is 2.31. The lowest BCUT2D eigenvalue weighted by atomic mass is 10.2. The molecule has 0 heterocycles. The maximum Gasteiger partial charge on any atom is 0.223 e. The number of ether oxygens (including phenoxy) is 1. The highest BCUT2D eigenvalue weighted by Gasteiger charge is 2.04. The fourth-order valence-corrected chi connectivity index (χ4v) is 1.29. The summed E-state index contributed by atoms with van der Waals surface area (Å²) in [5.41, 5.74) is 6.58. The van der Waals surface area contributed by atoms with E-state index in [1.807, 2.05) is 13.0 Å². The number of hydrogen-bond donors (Lipinski definition) is 2. The van der Waals surface area contributed by atoms with E-state index in [2.05, 4.69) is 5.32 Å². The van der Waals surface area contributed by atoms with Crippen LogP contribution in [0.4, 0.5) is 5.69 Å². The minimum absolute atomic E-state index is 0.0558. The molecule has 1 aromatic carbocycles. The molecule has 0 spiro atoms. The molecular formula is C12H15N3O2. The molecule has 0 radical (unpaired) electrons. The Morgan fingerprint density at radius 1 is 1.59 bits per heavy atom. The van der Waals surface area contributed by atoms with Crippen molar-refractivity contribution in [1.82, 2.24) is 5.32 Å². The van der Waals surface area contributed by atoms with Crippen molar-refractivity contribution in [3.8, 4) is 11.8 Å². The number of nitriles is 1. The molecule has 5 nitrogen and oxygen atoms in total. The van der Waals surface area contributed by atoms with E-state index in [-0.39, 0.29) is 18.9 Å². The van der Waals surface area contributed by atoms with E-state index in [4.69, 9.17) is 15.7 Å². The minimum Gasteiger partial charge on any atom is -0.491 e. The lowest BCUT2D eigenvalue weighted by Crippen LogP contribution is -2.24. The largest absolute Gasteiger partial charge is 0.491 e. The van der Waals surface area contributed by atoms with Crippen molar-refractivity contribution in [2.24, 2.45) is 0 Å². The number of hydrogen-bond acceptors (Lipinski definition) is 4. The highest BCUT2D eigenvalue weighted by molar-refractivity contribution is 5.75. The van der Waals surface area contributed by atoms with Crippen molar-refractivity contribution in [3.63, 3.8) is 0 Å². The van der Waals surface area contributed by atoms with Gasteiger partial charge in [-0.25, -0.2) is 0 Å². The Bertz CT molecular complexity index is 438. The number of nitrogens with one attached hydrogen (secondary N) is 1. The van der Waals surface area contributed by atoms with Crippen LogP contribution in [0.2, 0.25) is 0 Å². The lowest BCUT2D eigenvalue weighted by molar-refractivity contribution is -0.121. The molecule has 0 aliphatic heterocycles. The van der Waals surface area contributed by atoms with Gasteiger partial charge in [0, 0.05) is 6.54 Å². The summed E-state index contributed by atoms with van der Waals surface area (Å²) in [7, 11) is 0. The highest BCUT2D eigenvalue weighted by Crippen LogP contribution is 2.22. The first-order chi connectivity index (χ1) is 8.17. The van der Waals surface area contributed by atoms with Gasteiger partial charge in [0.15, 0.2) is 0 Å². The van der Waals surface area contributed by atoms with Gasteiger partial charge in [0.25, 0.3) is 0 Å². The molecule has 0 atom stereocenters. The fraction of sp³-hybridized carbons (Fsp3) is 0.333. The van der Waals surface area contributed by atoms with E-state index >= 15 is 0 Å². The quantitative estimate of drug-likeness (QED) is 0.744. The molecule has 3 N–H and O–H groups in total. The predicted octanol–water partition coefficient (Wildman–Crippen LogP) is 1.05. The zero-order valence-corrected chi connectivity index (χ0v) is 9.69. The van der Waals surface area contributed by atoms with E-state index in [9.17, 15) is 4.79 Å². The van der Waals surface area contributed by atoms with Crippen LogP contribution in [0.25, 0.3) is 0 Å². The van der Waals surface area contributed by atoms with E-state index in [1.165, 1.54) is 0 Å². The van der Waals surface area contributed by atoms with Crippen LogP contribution in [-0.4, -0.2) is 19.1 Å². The minimum atomic E-state index is -0.0558. The molecule has 5 heteroatoms. The summed E-state index contributed by atoms with van der Waals surface area (Å²) in [6.45, 7) is 2.73. The van der Waals surface area contributed by atoms with E-state index in [0.717, 1.165) is 0 Å². The van der Waals surface area contributed by atoms with Crippen molar-refractivity contribution in [1.29, 1.82) is 5.26 Å². The number of nitrogens with two attached hydrogens (primary N) is 1. The number of nitrogen functional groups attached to an aromatic ring is 1. The molecule has 1 amide bonds. The second kappa shape index (κ2) is 6.38. The number of amides is 1. The van der Waals surface area contributed by atoms with Gasteiger partial charge in [-0.1, -0.05) is 0 Å².